The van der Waals surface area contributed by atoms with E-state index in [0.29, 0.717) is 23.8 Å². The van der Waals surface area contributed by atoms with E-state index in [1.54, 1.807) is 24.3 Å². The summed E-state index contributed by atoms with van der Waals surface area (Å²) < 4.78 is 0. The first kappa shape index (κ1) is 19.1. The summed E-state index contributed by atoms with van der Waals surface area (Å²) in [6.45, 7) is 0.491. The van der Waals surface area contributed by atoms with Crippen molar-refractivity contribution in [2.45, 2.75) is 18.1 Å². The van der Waals surface area contributed by atoms with Crippen LogP contribution in [0.3, 0.4) is 0 Å². The molecule has 1 heterocycles. The standard InChI is InChI=1S/C20H21N3O3S/c24-13-7-12-21-20(22-15-8-3-1-4-9-15)27-17-14-18(25)23(19(17)26)16-10-5-2-6-11-16/h1-6,8-11,17,24H,7,12-14H2,(H,21,22). The molecule has 1 atom stereocenters. The molecule has 0 radical (unpaired) electrons. The molecule has 140 valence electrons. The SMILES string of the molecule is O=C1CC(SC(=NCCCO)Nc2ccccc2)C(=O)N1c1ccccc1. The molecule has 1 aliphatic rings. The Kier molecular flexibility index (Phi) is 6.62. The lowest BCUT2D eigenvalue weighted by Gasteiger charge is -2.16. The molecule has 1 aliphatic heterocycles. The molecule has 2 aromatic carbocycles. The number of hydrogen-bond acceptors (Lipinski definition) is 5. The van der Waals surface area contributed by atoms with E-state index in [1.165, 1.54) is 16.7 Å². The fourth-order valence-electron chi connectivity index (χ4n) is 2.68. The van der Waals surface area contributed by atoms with E-state index in [4.69, 9.17) is 5.11 Å². The summed E-state index contributed by atoms with van der Waals surface area (Å²) in [7, 11) is 0. The molecule has 0 saturated carbocycles. The van der Waals surface area contributed by atoms with Gasteiger partial charge in [-0.05, 0) is 30.7 Å². The number of para-hydroxylation sites is 2. The molecule has 3 rings (SSSR count). The Hall–Kier alpha value is -2.64. The van der Waals surface area contributed by atoms with Crippen molar-refractivity contribution in [3.63, 3.8) is 0 Å². The van der Waals surface area contributed by atoms with Crippen molar-refractivity contribution < 1.29 is 14.7 Å². The molecule has 0 spiro atoms. The average molecular weight is 383 g/mol. The van der Waals surface area contributed by atoms with Crippen LogP contribution in [0.4, 0.5) is 11.4 Å². The third-order valence-corrected chi connectivity index (χ3v) is 5.08. The minimum absolute atomic E-state index is 0.0510. The van der Waals surface area contributed by atoms with E-state index in [1.807, 2.05) is 36.4 Å². The Morgan fingerprint density at radius 2 is 1.78 bits per heavy atom. The summed E-state index contributed by atoms with van der Waals surface area (Å²) in [6, 6.07) is 18.5. The molecular formula is C20H21N3O3S. The fourth-order valence-corrected chi connectivity index (χ4v) is 3.73. The van der Waals surface area contributed by atoms with Gasteiger partial charge in [-0.1, -0.05) is 48.2 Å². The first-order chi connectivity index (χ1) is 13.2. The van der Waals surface area contributed by atoms with Crippen molar-refractivity contribution in [1.29, 1.82) is 0 Å². The van der Waals surface area contributed by atoms with Crippen molar-refractivity contribution in [2.75, 3.05) is 23.4 Å². The van der Waals surface area contributed by atoms with Gasteiger partial charge in [0.25, 0.3) is 0 Å². The number of aliphatic imine (C=N–C) groups is 1. The highest BCUT2D eigenvalue weighted by Crippen LogP contribution is 2.30. The second-order valence-electron chi connectivity index (χ2n) is 5.97. The van der Waals surface area contributed by atoms with E-state index in [-0.39, 0.29) is 24.8 Å². The number of amides is 2. The molecule has 2 aromatic rings. The van der Waals surface area contributed by atoms with Gasteiger partial charge < -0.3 is 10.4 Å². The maximum Gasteiger partial charge on any atom is 0.247 e. The zero-order valence-electron chi connectivity index (χ0n) is 14.7. The van der Waals surface area contributed by atoms with Crippen LogP contribution < -0.4 is 10.2 Å². The van der Waals surface area contributed by atoms with Crippen LogP contribution in [0, 0.1) is 0 Å². The maximum absolute atomic E-state index is 12.8. The highest BCUT2D eigenvalue weighted by atomic mass is 32.2. The van der Waals surface area contributed by atoms with Gasteiger partial charge in [-0.3, -0.25) is 14.6 Å². The van der Waals surface area contributed by atoms with Crippen LogP contribution in [0.15, 0.2) is 65.7 Å². The van der Waals surface area contributed by atoms with Crippen LogP contribution in [-0.4, -0.2) is 40.5 Å². The van der Waals surface area contributed by atoms with Crippen molar-refractivity contribution in [3.8, 4) is 0 Å². The molecule has 0 bridgehead atoms. The van der Waals surface area contributed by atoms with E-state index in [2.05, 4.69) is 10.3 Å². The Morgan fingerprint density at radius 3 is 2.44 bits per heavy atom. The van der Waals surface area contributed by atoms with E-state index in [9.17, 15) is 9.59 Å². The average Bonchev–Trinajstić information content (AvgIpc) is 2.96. The number of benzene rings is 2. The van der Waals surface area contributed by atoms with Gasteiger partial charge in [-0.25, -0.2) is 4.90 Å². The van der Waals surface area contributed by atoms with Gasteiger partial charge in [0, 0.05) is 25.3 Å². The number of rotatable bonds is 6. The quantitative estimate of drug-likeness (QED) is 0.347. The molecule has 0 aromatic heterocycles. The van der Waals surface area contributed by atoms with Gasteiger partial charge in [0.2, 0.25) is 11.8 Å². The van der Waals surface area contributed by atoms with Gasteiger partial charge in [-0.2, -0.15) is 0 Å². The topological polar surface area (TPSA) is 82.0 Å². The van der Waals surface area contributed by atoms with Crippen molar-refractivity contribution in [2.24, 2.45) is 4.99 Å². The van der Waals surface area contributed by atoms with Crippen molar-refractivity contribution in [1.82, 2.24) is 0 Å². The Morgan fingerprint density at radius 1 is 1.11 bits per heavy atom. The molecule has 1 saturated heterocycles. The van der Waals surface area contributed by atoms with Gasteiger partial charge >= 0.3 is 0 Å². The number of carbonyl (C=O) groups is 2. The number of nitrogens with one attached hydrogen (secondary N) is 1. The second-order valence-corrected chi connectivity index (χ2v) is 7.16. The molecular weight excluding hydrogens is 362 g/mol. The summed E-state index contributed by atoms with van der Waals surface area (Å²) in [5.41, 5.74) is 1.44. The lowest BCUT2D eigenvalue weighted by Crippen LogP contribution is -2.31. The minimum atomic E-state index is -0.526. The molecule has 7 heteroatoms. The molecule has 0 aliphatic carbocycles. The lowest BCUT2D eigenvalue weighted by molar-refractivity contribution is -0.121. The smallest absolute Gasteiger partial charge is 0.247 e. The molecule has 1 fully saturated rings. The molecule has 6 nitrogen and oxygen atoms in total. The highest BCUT2D eigenvalue weighted by Gasteiger charge is 2.40. The van der Waals surface area contributed by atoms with E-state index < -0.39 is 5.25 Å². The van der Waals surface area contributed by atoms with Gasteiger partial charge in [-0.15, -0.1) is 0 Å². The van der Waals surface area contributed by atoms with Crippen molar-refractivity contribution in [3.05, 3.63) is 60.7 Å². The van der Waals surface area contributed by atoms with Gasteiger partial charge in [0.15, 0.2) is 5.17 Å². The fraction of sp³-hybridized carbons (Fsp3) is 0.250. The number of aliphatic hydroxyl groups excluding tert-OH is 1. The minimum Gasteiger partial charge on any atom is -0.396 e. The monoisotopic (exact) mass is 383 g/mol. The number of thioether (sulfide) groups is 1. The summed E-state index contributed by atoms with van der Waals surface area (Å²) in [5.74, 6) is -0.445. The summed E-state index contributed by atoms with van der Waals surface area (Å²) in [6.07, 6.45) is 0.669. The largest absolute Gasteiger partial charge is 0.396 e. The maximum atomic E-state index is 12.8. The predicted molar refractivity (Wildman–Crippen MR) is 109 cm³/mol. The van der Waals surface area contributed by atoms with Crippen LogP contribution >= 0.6 is 11.8 Å². The predicted octanol–water partition coefficient (Wildman–Crippen LogP) is 2.90. The first-order valence-corrected chi connectivity index (χ1v) is 9.63. The third-order valence-electron chi connectivity index (χ3n) is 3.97. The number of imide groups is 1. The van der Waals surface area contributed by atoms with Crippen LogP contribution in [0.25, 0.3) is 0 Å². The number of hydrogen-bond donors (Lipinski definition) is 2. The van der Waals surface area contributed by atoms with Crippen LogP contribution in [-0.2, 0) is 9.59 Å². The normalized spacial score (nSPS) is 17.4. The Labute approximate surface area is 162 Å². The number of anilines is 2. The first-order valence-electron chi connectivity index (χ1n) is 8.75. The van der Waals surface area contributed by atoms with E-state index in [0.717, 1.165) is 5.69 Å². The summed E-state index contributed by atoms with van der Waals surface area (Å²) >= 11 is 1.25. The number of carbonyl (C=O) groups excluding carboxylic acids is 2. The molecule has 2 N–H and O–H groups in total. The number of aliphatic hydroxyl groups is 1. The third kappa shape index (κ3) is 4.96. The highest BCUT2D eigenvalue weighted by molar-refractivity contribution is 8.15. The van der Waals surface area contributed by atoms with Crippen LogP contribution in [0.2, 0.25) is 0 Å². The Bertz CT molecular complexity index is 812. The summed E-state index contributed by atoms with van der Waals surface area (Å²) in [4.78, 5) is 30.9. The lowest BCUT2D eigenvalue weighted by atomic mass is 10.3. The number of amidine groups is 1. The number of nitrogens with zero attached hydrogens (tertiary/aromatic N) is 2. The van der Waals surface area contributed by atoms with Crippen LogP contribution in [0.1, 0.15) is 12.8 Å². The summed E-state index contributed by atoms with van der Waals surface area (Å²) in [5, 5.41) is 12.2. The zero-order valence-corrected chi connectivity index (χ0v) is 15.6. The molecule has 1 unspecified atom stereocenters. The van der Waals surface area contributed by atoms with Crippen LogP contribution in [0.5, 0.6) is 0 Å². The zero-order chi connectivity index (χ0) is 19.1. The van der Waals surface area contributed by atoms with E-state index >= 15 is 0 Å². The molecule has 27 heavy (non-hydrogen) atoms. The second kappa shape index (κ2) is 9.34. The van der Waals surface area contributed by atoms with Crippen molar-refractivity contribution >= 4 is 40.1 Å². The molecule has 2 amide bonds. The van der Waals surface area contributed by atoms with Gasteiger partial charge in [0.05, 0.1) is 5.69 Å². The van der Waals surface area contributed by atoms with Gasteiger partial charge in [0.1, 0.15) is 5.25 Å². The Balaban J connectivity index is 1.74.